The summed E-state index contributed by atoms with van der Waals surface area (Å²) in [4.78, 5) is 17.0. The van der Waals surface area contributed by atoms with Gasteiger partial charge in [-0.2, -0.15) is 0 Å². The predicted octanol–water partition coefficient (Wildman–Crippen LogP) is 7.61. The van der Waals surface area contributed by atoms with E-state index in [1.165, 1.54) is 28.1 Å². The average molecular weight is 541 g/mol. The molecule has 4 rings (SSSR count). The molecule has 0 radical (unpaired) electrons. The Bertz CT molecular complexity index is 1260. The maximum absolute atomic E-state index is 12.6. The fraction of sp³-hybridized carbons (Fsp3) is 0.472. The first-order valence-electron chi connectivity index (χ1n) is 15.0. The van der Waals surface area contributed by atoms with Crippen molar-refractivity contribution < 1.29 is 9.90 Å². The van der Waals surface area contributed by atoms with Gasteiger partial charge in [0.05, 0.1) is 6.10 Å². The number of anilines is 1. The predicted molar refractivity (Wildman–Crippen MR) is 168 cm³/mol. The number of fused-ring (bicyclic) bond motifs is 1. The van der Waals surface area contributed by atoms with Gasteiger partial charge in [0.15, 0.2) is 0 Å². The summed E-state index contributed by atoms with van der Waals surface area (Å²) in [5.41, 5.74) is 7.38. The molecule has 4 nitrogen and oxygen atoms in total. The van der Waals surface area contributed by atoms with E-state index in [2.05, 4.69) is 113 Å². The number of aliphatic hydroxyl groups is 1. The van der Waals surface area contributed by atoms with Gasteiger partial charge in [0.1, 0.15) is 0 Å². The molecule has 2 aromatic carbocycles. The summed E-state index contributed by atoms with van der Waals surface area (Å²) in [6.45, 7) is 18.0. The van der Waals surface area contributed by atoms with Gasteiger partial charge in [0.2, 0.25) is 5.91 Å². The number of benzene rings is 2. The number of carbonyl (C=O) groups excluding carboxylic acids is 1. The number of aryl methyl sites for hydroxylation is 1. The number of likely N-dealkylation sites (tertiary alicyclic amines) is 1. The lowest BCUT2D eigenvalue weighted by molar-refractivity contribution is -0.133. The molecule has 214 valence electrons. The van der Waals surface area contributed by atoms with Gasteiger partial charge in [0, 0.05) is 48.3 Å². The molecule has 40 heavy (non-hydrogen) atoms. The van der Waals surface area contributed by atoms with E-state index in [9.17, 15) is 9.90 Å². The topological polar surface area (TPSA) is 43.8 Å². The lowest BCUT2D eigenvalue weighted by atomic mass is 9.76. The normalized spacial score (nSPS) is 18.5. The Morgan fingerprint density at radius 3 is 2.45 bits per heavy atom. The van der Waals surface area contributed by atoms with E-state index in [1.807, 2.05) is 4.90 Å². The summed E-state index contributed by atoms with van der Waals surface area (Å²) in [7, 11) is 0. The number of piperidine rings is 1. The number of para-hydroxylation sites is 1. The Kier molecular flexibility index (Phi) is 9.41. The summed E-state index contributed by atoms with van der Waals surface area (Å²) in [5, 5.41) is 9.70. The Hall–Kier alpha value is -3.11. The van der Waals surface area contributed by atoms with Crippen molar-refractivity contribution in [2.75, 3.05) is 24.5 Å². The summed E-state index contributed by atoms with van der Waals surface area (Å²) in [6.07, 6.45) is 11.3. The SMILES string of the molecule is C=C(/C=C/C=C1/N(CCCCCC(=O)N2CCC(O)CC2)c2ccccc2C1(C)C)C(C)(C)c1ccccc1C. The number of aliphatic hydroxyl groups excluding tert-OH is 1. The number of amides is 1. The van der Waals surface area contributed by atoms with Crippen LogP contribution >= 0.6 is 0 Å². The number of hydrogen-bond acceptors (Lipinski definition) is 3. The van der Waals surface area contributed by atoms with Crippen molar-refractivity contribution in [2.24, 2.45) is 0 Å². The van der Waals surface area contributed by atoms with Crippen LogP contribution in [-0.2, 0) is 15.6 Å². The average Bonchev–Trinajstić information content (AvgIpc) is 3.14. The van der Waals surface area contributed by atoms with Crippen molar-refractivity contribution in [3.63, 3.8) is 0 Å². The quantitative estimate of drug-likeness (QED) is 0.249. The zero-order chi connectivity index (χ0) is 28.9. The number of rotatable bonds is 10. The standard InChI is InChI=1S/C36H48N2O2/c1-27-15-9-10-17-30(27)35(3,4)28(2)16-14-20-33-36(5,6)31-18-11-12-19-32(31)38(33)24-13-7-8-21-34(40)37-25-22-29(39)23-26-37/h9-12,14-20,29,39H,2,7-8,13,21-26H2,1,3-6H3/b16-14+,33-20+. The van der Waals surface area contributed by atoms with Crippen molar-refractivity contribution in [1.82, 2.24) is 4.90 Å². The molecule has 1 fully saturated rings. The molecule has 1 N–H and O–H groups in total. The molecule has 1 saturated heterocycles. The highest BCUT2D eigenvalue weighted by Gasteiger charge is 2.39. The number of nitrogens with zero attached hydrogens (tertiary/aromatic N) is 2. The second-order valence-electron chi connectivity index (χ2n) is 12.6. The zero-order valence-corrected chi connectivity index (χ0v) is 25.2. The van der Waals surface area contributed by atoms with Gasteiger partial charge in [-0.15, -0.1) is 0 Å². The third-order valence-electron chi connectivity index (χ3n) is 9.06. The minimum absolute atomic E-state index is 0.0946. The fourth-order valence-electron chi connectivity index (χ4n) is 6.29. The van der Waals surface area contributed by atoms with E-state index in [-0.39, 0.29) is 22.8 Å². The van der Waals surface area contributed by atoms with Crippen molar-refractivity contribution in [3.05, 3.63) is 101 Å². The van der Waals surface area contributed by atoms with Crippen LogP contribution in [0.1, 0.15) is 82.9 Å². The number of allylic oxidation sites excluding steroid dienone is 5. The van der Waals surface area contributed by atoms with E-state index in [0.29, 0.717) is 32.4 Å². The maximum Gasteiger partial charge on any atom is 0.222 e. The largest absolute Gasteiger partial charge is 0.393 e. The van der Waals surface area contributed by atoms with Crippen molar-refractivity contribution >= 4 is 11.6 Å². The van der Waals surface area contributed by atoms with Gasteiger partial charge in [-0.25, -0.2) is 0 Å². The van der Waals surface area contributed by atoms with Crippen LogP contribution in [0.3, 0.4) is 0 Å². The molecule has 2 aliphatic heterocycles. The van der Waals surface area contributed by atoms with Gasteiger partial charge in [0.25, 0.3) is 0 Å². The molecule has 0 aromatic heterocycles. The molecule has 0 spiro atoms. The lowest BCUT2D eigenvalue weighted by Gasteiger charge is -2.29. The summed E-state index contributed by atoms with van der Waals surface area (Å²) in [5.74, 6) is 0.235. The van der Waals surface area contributed by atoms with Crippen molar-refractivity contribution in [1.29, 1.82) is 0 Å². The third-order valence-corrected chi connectivity index (χ3v) is 9.06. The first-order valence-corrected chi connectivity index (χ1v) is 15.0. The van der Waals surface area contributed by atoms with Crippen LogP contribution in [-0.4, -0.2) is 41.7 Å². The van der Waals surface area contributed by atoms with Gasteiger partial charge in [-0.3, -0.25) is 4.79 Å². The van der Waals surface area contributed by atoms with Crippen LogP contribution in [0.25, 0.3) is 0 Å². The minimum atomic E-state index is -0.244. The van der Waals surface area contributed by atoms with Crippen LogP contribution in [0.4, 0.5) is 5.69 Å². The van der Waals surface area contributed by atoms with Crippen LogP contribution in [0, 0.1) is 6.92 Å². The van der Waals surface area contributed by atoms with Crippen molar-refractivity contribution in [3.8, 4) is 0 Å². The molecule has 2 aromatic rings. The smallest absolute Gasteiger partial charge is 0.222 e. The summed E-state index contributed by atoms with van der Waals surface area (Å²) in [6, 6.07) is 17.3. The van der Waals surface area contributed by atoms with Crippen LogP contribution < -0.4 is 4.90 Å². The molecule has 1 amide bonds. The second kappa shape index (κ2) is 12.6. The van der Waals surface area contributed by atoms with E-state index < -0.39 is 0 Å². The molecule has 0 aliphatic carbocycles. The van der Waals surface area contributed by atoms with E-state index in [0.717, 1.165) is 31.4 Å². The molecule has 2 heterocycles. The fourth-order valence-corrected chi connectivity index (χ4v) is 6.29. The second-order valence-corrected chi connectivity index (χ2v) is 12.6. The molecule has 0 saturated carbocycles. The number of hydrogen-bond donors (Lipinski definition) is 1. The Labute approximate surface area is 242 Å². The molecule has 0 atom stereocenters. The first kappa shape index (κ1) is 29.9. The number of unbranched alkanes of at least 4 members (excludes halogenated alkanes) is 2. The maximum atomic E-state index is 12.6. The highest BCUT2D eigenvalue weighted by atomic mass is 16.3. The monoisotopic (exact) mass is 540 g/mol. The van der Waals surface area contributed by atoms with Gasteiger partial charge >= 0.3 is 0 Å². The molecule has 0 bridgehead atoms. The van der Waals surface area contributed by atoms with E-state index >= 15 is 0 Å². The molecule has 0 unspecified atom stereocenters. The van der Waals surface area contributed by atoms with Crippen molar-refractivity contribution in [2.45, 2.75) is 90.1 Å². The molecule has 4 heteroatoms. The van der Waals surface area contributed by atoms with E-state index in [4.69, 9.17) is 0 Å². The van der Waals surface area contributed by atoms with Crippen LogP contribution in [0.15, 0.2) is 84.6 Å². The zero-order valence-electron chi connectivity index (χ0n) is 25.2. The molecule has 2 aliphatic rings. The summed E-state index contributed by atoms with van der Waals surface area (Å²) >= 11 is 0. The lowest BCUT2D eigenvalue weighted by Crippen LogP contribution is -2.39. The van der Waals surface area contributed by atoms with Crippen LogP contribution in [0.5, 0.6) is 0 Å². The van der Waals surface area contributed by atoms with Crippen LogP contribution in [0.2, 0.25) is 0 Å². The molecular weight excluding hydrogens is 492 g/mol. The number of carbonyl (C=O) groups is 1. The van der Waals surface area contributed by atoms with E-state index in [1.54, 1.807) is 0 Å². The summed E-state index contributed by atoms with van der Waals surface area (Å²) < 4.78 is 0. The highest BCUT2D eigenvalue weighted by Crippen LogP contribution is 2.47. The first-order chi connectivity index (χ1) is 19.0. The Morgan fingerprint density at radius 1 is 1.05 bits per heavy atom. The minimum Gasteiger partial charge on any atom is -0.393 e. The Balaban J connectivity index is 1.42. The third kappa shape index (κ3) is 6.44. The molecular formula is C36H48N2O2. The van der Waals surface area contributed by atoms with Gasteiger partial charge < -0.3 is 14.9 Å². The van der Waals surface area contributed by atoms with Gasteiger partial charge in [-0.05, 0) is 67.0 Å². The highest BCUT2D eigenvalue weighted by molar-refractivity contribution is 5.76. The van der Waals surface area contributed by atoms with Gasteiger partial charge in [-0.1, -0.05) is 95.3 Å². The Morgan fingerprint density at radius 2 is 1.73 bits per heavy atom.